The minimum absolute atomic E-state index is 0.220. The molecule has 1 rings (SSSR count). The summed E-state index contributed by atoms with van der Waals surface area (Å²) in [7, 11) is 0. The van der Waals surface area contributed by atoms with Gasteiger partial charge in [0.2, 0.25) is 0 Å². The van der Waals surface area contributed by atoms with E-state index in [9.17, 15) is 5.11 Å². The van der Waals surface area contributed by atoms with Gasteiger partial charge in [0.25, 0.3) is 0 Å². The molecule has 0 atom stereocenters. The zero-order chi connectivity index (χ0) is 14.3. The quantitative estimate of drug-likeness (QED) is 0.747. The van der Waals surface area contributed by atoms with Crippen LogP contribution in [0.25, 0.3) is 0 Å². The summed E-state index contributed by atoms with van der Waals surface area (Å²) in [4.78, 5) is 2.38. The van der Waals surface area contributed by atoms with Crippen LogP contribution >= 0.6 is 0 Å². The molecular weight excluding hydrogens is 238 g/mol. The smallest absolute Gasteiger partial charge is 0.0625 e. The highest BCUT2D eigenvalue weighted by Crippen LogP contribution is 2.15. The molecule has 19 heavy (non-hydrogen) atoms. The van der Waals surface area contributed by atoms with Gasteiger partial charge in [0.15, 0.2) is 0 Å². The van der Waals surface area contributed by atoms with E-state index in [-0.39, 0.29) is 6.61 Å². The van der Waals surface area contributed by atoms with Crippen molar-refractivity contribution in [3.05, 3.63) is 17.5 Å². The van der Waals surface area contributed by atoms with Gasteiger partial charge in [0, 0.05) is 25.7 Å². The predicted molar refractivity (Wildman–Crippen MR) is 79.1 cm³/mol. The molecule has 0 unspecified atom stereocenters. The first-order valence-electron chi connectivity index (χ1n) is 7.60. The predicted octanol–water partition coefficient (Wildman–Crippen LogP) is 2.45. The van der Waals surface area contributed by atoms with E-state index in [0.29, 0.717) is 6.04 Å². The Hall–Kier alpha value is -0.870. The fourth-order valence-corrected chi connectivity index (χ4v) is 2.62. The van der Waals surface area contributed by atoms with Crippen LogP contribution in [0.5, 0.6) is 0 Å². The number of hydrogen-bond acceptors (Lipinski definition) is 3. The molecule has 0 aromatic carbocycles. The topological polar surface area (TPSA) is 41.3 Å². The van der Waals surface area contributed by atoms with Crippen LogP contribution in [0.1, 0.15) is 51.9 Å². The van der Waals surface area contributed by atoms with Gasteiger partial charge in [0.1, 0.15) is 0 Å². The van der Waals surface area contributed by atoms with Gasteiger partial charge in [0.05, 0.1) is 18.0 Å². The second-order valence-corrected chi connectivity index (χ2v) is 4.96. The number of hydrogen-bond donors (Lipinski definition) is 1. The molecule has 1 heterocycles. The van der Waals surface area contributed by atoms with Crippen molar-refractivity contribution in [2.24, 2.45) is 0 Å². The molecule has 1 aromatic heterocycles. The molecule has 0 bridgehead atoms. The van der Waals surface area contributed by atoms with Gasteiger partial charge < -0.3 is 5.11 Å². The summed E-state index contributed by atoms with van der Waals surface area (Å²) in [6.45, 7) is 11.4. The molecule has 0 saturated carbocycles. The van der Waals surface area contributed by atoms with Crippen molar-refractivity contribution in [2.75, 3.05) is 13.2 Å². The molecule has 110 valence electrons. The number of aryl methyl sites for hydroxylation is 2. The molecule has 4 nitrogen and oxygen atoms in total. The second kappa shape index (κ2) is 8.33. The largest absolute Gasteiger partial charge is 0.395 e. The summed E-state index contributed by atoms with van der Waals surface area (Å²) in [5, 5.41) is 13.9. The standard InChI is InChI=1S/C15H29N3O/c1-5-13-11-15(18(8-4)16-13)12-17(9-10-19)14(6-2)7-3/h11,14,19H,5-10,12H2,1-4H3. The Morgan fingerprint density at radius 3 is 2.42 bits per heavy atom. The van der Waals surface area contributed by atoms with E-state index >= 15 is 0 Å². The van der Waals surface area contributed by atoms with Gasteiger partial charge in [-0.15, -0.1) is 0 Å². The van der Waals surface area contributed by atoms with Gasteiger partial charge in [-0.25, -0.2) is 0 Å². The van der Waals surface area contributed by atoms with Gasteiger partial charge in [-0.3, -0.25) is 9.58 Å². The van der Waals surface area contributed by atoms with Crippen LogP contribution in [0.15, 0.2) is 6.07 Å². The van der Waals surface area contributed by atoms with Crippen LogP contribution < -0.4 is 0 Å². The van der Waals surface area contributed by atoms with Crippen LogP contribution in [0, 0.1) is 0 Å². The van der Waals surface area contributed by atoms with Crippen molar-refractivity contribution in [1.82, 2.24) is 14.7 Å². The zero-order valence-electron chi connectivity index (χ0n) is 12.9. The van der Waals surface area contributed by atoms with Crippen molar-refractivity contribution in [1.29, 1.82) is 0 Å². The van der Waals surface area contributed by atoms with Crippen LogP contribution in [-0.2, 0) is 19.5 Å². The van der Waals surface area contributed by atoms with Gasteiger partial charge in [-0.1, -0.05) is 20.8 Å². The Morgan fingerprint density at radius 1 is 1.26 bits per heavy atom. The molecule has 0 spiro atoms. The zero-order valence-corrected chi connectivity index (χ0v) is 12.9. The highest BCUT2D eigenvalue weighted by atomic mass is 16.3. The third kappa shape index (κ3) is 4.32. The SMILES string of the molecule is CCc1cc(CN(CCO)C(CC)CC)n(CC)n1. The molecule has 4 heteroatoms. The lowest BCUT2D eigenvalue weighted by molar-refractivity contribution is 0.133. The lowest BCUT2D eigenvalue weighted by Crippen LogP contribution is -2.36. The minimum atomic E-state index is 0.220. The maximum Gasteiger partial charge on any atom is 0.0625 e. The minimum Gasteiger partial charge on any atom is -0.395 e. The first-order chi connectivity index (χ1) is 9.19. The number of nitrogens with zero attached hydrogens (tertiary/aromatic N) is 3. The van der Waals surface area contributed by atoms with Crippen molar-refractivity contribution in [3.8, 4) is 0 Å². The maximum absolute atomic E-state index is 9.27. The number of aliphatic hydroxyl groups is 1. The van der Waals surface area contributed by atoms with Gasteiger partial charge >= 0.3 is 0 Å². The lowest BCUT2D eigenvalue weighted by Gasteiger charge is -2.29. The van der Waals surface area contributed by atoms with Crippen molar-refractivity contribution in [3.63, 3.8) is 0 Å². The molecule has 0 aliphatic carbocycles. The second-order valence-electron chi connectivity index (χ2n) is 4.96. The number of aliphatic hydroxyl groups excluding tert-OH is 1. The molecule has 0 amide bonds. The Labute approximate surface area is 117 Å². The van der Waals surface area contributed by atoms with E-state index in [0.717, 1.165) is 44.6 Å². The van der Waals surface area contributed by atoms with Crippen LogP contribution in [0.2, 0.25) is 0 Å². The van der Waals surface area contributed by atoms with Crippen molar-refractivity contribution in [2.45, 2.75) is 66.1 Å². The van der Waals surface area contributed by atoms with E-state index < -0.39 is 0 Å². The molecule has 0 aliphatic rings. The molecule has 1 N–H and O–H groups in total. The molecule has 0 fully saturated rings. The van der Waals surface area contributed by atoms with Crippen LogP contribution in [-0.4, -0.2) is 39.0 Å². The maximum atomic E-state index is 9.27. The summed E-state index contributed by atoms with van der Waals surface area (Å²) in [5.41, 5.74) is 2.42. The molecule has 0 aliphatic heterocycles. The van der Waals surface area contributed by atoms with E-state index in [2.05, 4.69) is 48.4 Å². The lowest BCUT2D eigenvalue weighted by atomic mass is 10.1. The van der Waals surface area contributed by atoms with Gasteiger partial charge in [-0.2, -0.15) is 5.10 Å². The Bertz CT molecular complexity index is 358. The number of aromatic nitrogens is 2. The Balaban J connectivity index is 2.85. The highest BCUT2D eigenvalue weighted by Gasteiger charge is 2.17. The fraction of sp³-hybridized carbons (Fsp3) is 0.800. The van der Waals surface area contributed by atoms with E-state index in [4.69, 9.17) is 0 Å². The van der Waals surface area contributed by atoms with Crippen molar-refractivity contribution >= 4 is 0 Å². The Kier molecular flexibility index (Phi) is 7.10. The molecule has 1 aromatic rings. The number of rotatable bonds is 9. The molecule has 0 saturated heterocycles. The van der Waals surface area contributed by atoms with E-state index in [1.807, 2.05) is 0 Å². The third-order valence-corrected chi connectivity index (χ3v) is 3.79. The van der Waals surface area contributed by atoms with Crippen LogP contribution in [0.4, 0.5) is 0 Å². The summed E-state index contributed by atoms with van der Waals surface area (Å²) < 4.78 is 2.09. The van der Waals surface area contributed by atoms with Crippen LogP contribution in [0.3, 0.4) is 0 Å². The monoisotopic (exact) mass is 267 g/mol. The van der Waals surface area contributed by atoms with Crippen molar-refractivity contribution < 1.29 is 5.11 Å². The first-order valence-corrected chi connectivity index (χ1v) is 7.60. The fourth-order valence-electron chi connectivity index (χ4n) is 2.62. The molecule has 0 radical (unpaired) electrons. The summed E-state index contributed by atoms with van der Waals surface area (Å²) >= 11 is 0. The van der Waals surface area contributed by atoms with E-state index in [1.54, 1.807) is 0 Å². The summed E-state index contributed by atoms with van der Waals surface area (Å²) in [6, 6.07) is 2.74. The van der Waals surface area contributed by atoms with E-state index in [1.165, 1.54) is 5.69 Å². The molecular formula is C15H29N3O. The average molecular weight is 267 g/mol. The Morgan fingerprint density at radius 2 is 1.95 bits per heavy atom. The third-order valence-electron chi connectivity index (χ3n) is 3.79. The van der Waals surface area contributed by atoms with Gasteiger partial charge in [-0.05, 0) is 32.3 Å². The summed E-state index contributed by atoms with van der Waals surface area (Å²) in [6.07, 6.45) is 3.22. The first kappa shape index (κ1) is 16.2. The highest BCUT2D eigenvalue weighted by molar-refractivity contribution is 5.10. The summed E-state index contributed by atoms with van der Waals surface area (Å²) in [5.74, 6) is 0. The normalized spacial score (nSPS) is 11.7. The average Bonchev–Trinajstić information content (AvgIpc) is 2.82.